The quantitative estimate of drug-likeness (QED) is 0.207. The fourth-order valence-electron chi connectivity index (χ4n) is 3.21. The van der Waals surface area contributed by atoms with Gasteiger partial charge in [-0.3, -0.25) is 9.69 Å². The van der Waals surface area contributed by atoms with E-state index >= 15 is 0 Å². The molecule has 34 heavy (non-hydrogen) atoms. The molecule has 0 unspecified atom stereocenters. The van der Waals surface area contributed by atoms with E-state index in [2.05, 4.69) is 0 Å². The Morgan fingerprint density at radius 3 is 2.12 bits per heavy atom. The lowest BCUT2D eigenvalue weighted by molar-refractivity contribution is -0.143. The molecule has 1 fully saturated rings. The Morgan fingerprint density at radius 1 is 0.912 bits per heavy atom. The molecule has 3 nitrogen and oxygen atoms in total. The van der Waals surface area contributed by atoms with Crippen molar-refractivity contribution in [3.05, 3.63) is 88.0 Å². The predicted molar refractivity (Wildman–Crippen MR) is 119 cm³/mol. The third kappa shape index (κ3) is 5.20. The Kier molecular flexibility index (Phi) is 6.34. The Hall–Kier alpha value is -3.05. The van der Waals surface area contributed by atoms with Crippen LogP contribution >= 0.6 is 24.0 Å². The zero-order valence-corrected chi connectivity index (χ0v) is 18.5. The summed E-state index contributed by atoms with van der Waals surface area (Å²) < 4.78 is 84.6. The van der Waals surface area contributed by atoms with Crippen molar-refractivity contribution in [1.82, 2.24) is 4.90 Å². The van der Waals surface area contributed by atoms with Crippen LogP contribution in [0.5, 0.6) is 0 Å². The Morgan fingerprint density at radius 2 is 1.53 bits per heavy atom. The number of carbonyl (C=O) groups is 1. The van der Waals surface area contributed by atoms with E-state index < -0.39 is 29.0 Å². The molecular weight excluding hydrogens is 500 g/mol. The highest BCUT2D eigenvalue weighted by Crippen LogP contribution is 2.39. The summed E-state index contributed by atoms with van der Waals surface area (Å²) in [5.74, 6) is -0.501. The lowest BCUT2D eigenvalue weighted by Gasteiger charge is -2.14. The molecule has 3 aromatic rings. The number of alkyl halides is 6. The van der Waals surface area contributed by atoms with Crippen LogP contribution in [0.1, 0.15) is 22.5 Å². The van der Waals surface area contributed by atoms with E-state index in [4.69, 9.17) is 16.6 Å². The van der Waals surface area contributed by atoms with Crippen LogP contribution in [0.15, 0.2) is 70.0 Å². The first-order chi connectivity index (χ1) is 15.9. The Labute approximate surface area is 199 Å². The second-order valence-electron chi connectivity index (χ2n) is 7.25. The second kappa shape index (κ2) is 8.95. The van der Waals surface area contributed by atoms with E-state index in [-0.39, 0.29) is 34.9 Å². The van der Waals surface area contributed by atoms with Crippen LogP contribution in [0.4, 0.5) is 26.3 Å². The zero-order chi connectivity index (χ0) is 24.7. The van der Waals surface area contributed by atoms with Gasteiger partial charge in [0.15, 0.2) is 0 Å². The van der Waals surface area contributed by atoms with E-state index in [1.54, 1.807) is 0 Å². The summed E-state index contributed by atoms with van der Waals surface area (Å²) in [5, 5.41) is 0. The van der Waals surface area contributed by atoms with E-state index in [1.807, 2.05) is 30.3 Å². The van der Waals surface area contributed by atoms with Crippen LogP contribution in [-0.2, 0) is 23.7 Å². The molecule has 0 spiro atoms. The smallest absolute Gasteiger partial charge is 0.416 e. The van der Waals surface area contributed by atoms with Crippen molar-refractivity contribution >= 4 is 40.3 Å². The topological polar surface area (TPSA) is 33.5 Å². The zero-order valence-electron chi connectivity index (χ0n) is 16.9. The molecule has 0 bridgehead atoms. The van der Waals surface area contributed by atoms with E-state index in [9.17, 15) is 31.1 Å². The number of hydrogen-bond acceptors (Lipinski definition) is 4. The normalized spacial score (nSPS) is 16.1. The van der Waals surface area contributed by atoms with E-state index in [0.29, 0.717) is 16.5 Å². The second-order valence-corrected chi connectivity index (χ2v) is 8.93. The van der Waals surface area contributed by atoms with Gasteiger partial charge in [-0.05, 0) is 35.9 Å². The molecule has 1 amide bonds. The molecule has 1 saturated heterocycles. The summed E-state index contributed by atoms with van der Waals surface area (Å²) >= 11 is 6.30. The van der Waals surface area contributed by atoms with Crippen molar-refractivity contribution in [1.29, 1.82) is 0 Å². The molecule has 0 N–H and O–H groups in total. The van der Waals surface area contributed by atoms with Gasteiger partial charge in [0.1, 0.15) is 15.8 Å². The summed E-state index contributed by atoms with van der Waals surface area (Å²) in [7, 11) is 0. The highest BCUT2D eigenvalue weighted by molar-refractivity contribution is 8.26. The van der Waals surface area contributed by atoms with Crippen molar-refractivity contribution in [2.45, 2.75) is 18.9 Å². The first kappa shape index (κ1) is 24.1. The number of furan rings is 1. The van der Waals surface area contributed by atoms with Gasteiger partial charge in [0, 0.05) is 11.6 Å². The van der Waals surface area contributed by atoms with Gasteiger partial charge in [0.25, 0.3) is 5.91 Å². The average molecular weight is 513 g/mol. The summed E-state index contributed by atoms with van der Waals surface area (Å²) in [6, 6.07) is 13.0. The Balaban J connectivity index is 1.62. The third-order valence-corrected chi connectivity index (χ3v) is 6.21. The molecule has 0 saturated carbocycles. The summed E-state index contributed by atoms with van der Waals surface area (Å²) in [4.78, 5) is 14.4. The van der Waals surface area contributed by atoms with Gasteiger partial charge in [-0.15, -0.1) is 0 Å². The number of hydrogen-bond donors (Lipinski definition) is 0. The van der Waals surface area contributed by atoms with Crippen LogP contribution in [-0.4, -0.2) is 15.1 Å². The molecule has 1 aromatic heterocycles. The summed E-state index contributed by atoms with van der Waals surface area (Å²) in [5.41, 5.74) is -2.42. The maximum absolute atomic E-state index is 13.1. The van der Waals surface area contributed by atoms with Crippen molar-refractivity contribution in [2.24, 2.45) is 0 Å². The highest BCUT2D eigenvalue weighted by atomic mass is 32.2. The minimum atomic E-state index is -4.97. The Bertz CT molecular complexity index is 1250. The number of amides is 1. The van der Waals surface area contributed by atoms with Crippen molar-refractivity contribution in [2.75, 3.05) is 0 Å². The SMILES string of the molecule is O=C1C(=Cc2ccc(-c3cc(C(F)(F)F)cc(C(F)(F)F)c3)o2)SC(=S)N1Cc1ccccc1. The molecule has 176 valence electrons. The van der Waals surface area contributed by atoms with Crippen LogP contribution in [0.2, 0.25) is 0 Å². The van der Waals surface area contributed by atoms with Gasteiger partial charge in [0.2, 0.25) is 0 Å². The molecule has 4 rings (SSSR count). The largest absolute Gasteiger partial charge is 0.457 e. The van der Waals surface area contributed by atoms with Gasteiger partial charge in [0.05, 0.1) is 22.6 Å². The van der Waals surface area contributed by atoms with Gasteiger partial charge < -0.3 is 4.42 Å². The van der Waals surface area contributed by atoms with Crippen molar-refractivity contribution in [3.8, 4) is 11.3 Å². The molecule has 0 radical (unpaired) electrons. The number of benzene rings is 2. The van der Waals surface area contributed by atoms with Gasteiger partial charge in [-0.1, -0.05) is 54.3 Å². The van der Waals surface area contributed by atoms with Gasteiger partial charge in [-0.25, -0.2) is 0 Å². The number of thioether (sulfide) groups is 1. The molecule has 0 aliphatic carbocycles. The number of halogens is 6. The summed E-state index contributed by atoms with van der Waals surface area (Å²) in [6.45, 7) is 0.261. The molecule has 1 aliphatic rings. The number of carbonyl (C=O) groups excluding carboxylic acids is 1. The number of rotatable bonds is 4. The molecule has 11 heteroatoms. The number of nitrogens with zero attached hydrogens (tertiary/aromatic N) is 1. The fourth-order valence-corrected chi connectivity index (χ4v) is 4.45. The maximum Gasteiger partial charge on any atom is 0.416 e. The van der Waals surface area contributed by atoms with Crippen molar-refractivity contribution < 1.29 is 35.6 Å². The molecule has 2 aromatic carbocycles. The van der Waals surface area contributed by atoms with Crippen LogP contribution in [0.3, 0.4) is 0 Å². The predicted octanol–water partition coefficient (Wildman–Crippen LogP) is 7.39. The molecular formula is C23H13F6NO2S2. The number of thiocarbonyl (C=S) groups is 1. The van der Waals surface area contributed by atoms with Crippen molar-refractivity contribution in [3.63, 3.8) is 0 Å². The van der Waals surface area contributed by atoms with E-state index in [1.165, 1.54) is 23.1 Å². The third-order valence-electron chi connectivity index (χ3n) is 4.83. The lowest BCUT2D eigenvalue weighted by atomic mass is 10.0. The standard InChI is InChI=1S/C23H13F6NO2S2/c24-22(25,26)15-8-14(9-16(10-15)23(27,28)29)18-7-6-17(32-18)11-19-20(31)30(21(33)34-19)12-13-4-2-1-3-5-13/h1-11H,12H2. The van der Waals surface area contributed by atoms with Gasteiger partial charge in [-0.2, -0.15) is 26.3 Å². The molecule has 1 aliphatic heterocycles. The molecule has 0 atom stereocenters. The lowest BCUT2D eigenvalue weighted by Crippen LogP contribution is -2.27. The highest BCUT2D eigenvalue weighted by Gasteiger charge is 2.37. The molecule has 2 heterocycles. The fraction of sp³-hybridized carbons (Fsp3) is 0.130. The summed E-state index contributed by atoms with van der Waals surface area (Å²) in [6.07, 6.45) is -8.59. The van der Waals surface area contributed by atoms with E-state index in [0.717, 1.165) is 17.3 Å². The average Bonchev–Trinajstić information content (AvgIpc) is 3.33. The van der Waals surface area contributed by atoms with Gasteiger partial charge >= 0.3 is 12.4 Å². The first-order valence-electron chi connectivity index (χ1n) is 9.61. The minimum absolute atomic E-state index is 0.0471. The van der Waals surface area contributed by atoms with Crippen LogP contribution in [0, 0.1) is 0 Å². The minimum Gasteiger partial charge on any atom is -0.457 e. The monoisotopic (exact) mass is 513 g/mol. The maximum atomic E-state index is 13.1. The van der Waals surface area contributed by atoms with Crippen LogP contribution in [0.25, 0.3) is 17.4 Å². The first-order valence-corrected chi connectivity index (χ1v) is 10.8. The van der Waals surface area contributed by atoms with Crippen LogP contribution < -0.4 is 0 Å².